The Hall–Kier alpha value is -1.70. The lowest BCUT2D eigenvalue weighted by Gasteiger charge is -2.07. The first kappa shape index (κ1) is 9.39. The van der Waals surface area contributed by atoms with Crippen LogP contribution < -0.4 is 16.5 Å². The number of nitrogens with zero attached hydrogens (tertiary/aromatic N) is 3. The minimum atomic E-state index is -0.479. The van der Waals surface area contributed by atoms with Crippen LogP contribution in [0.2, 0.25) is 0 Å². The maximum absolute atomic E-state index is 10.3. The molecule has 1 aromatic heterocycles. The molecule has 0 radical (unpaired) electrons. The van der Waals surface area contributed by atoms with E-state index in [0.29, 0.717) is 0 Å². The van der Waals surface area contributed by atoms with Gasteiger partial charge in [-0.05, 0) is 12.2 Å². The second-order valence-electron chi connectivity index (χ2n) is 2.13. The van der Waals surface area contributed by atoms with Crippen LogP contribution >= 0.6 is 12.2 Å². The fraction of sp³-hybridized carbons (Fsp3) is 0.200. The fourth-order valence-corrected chi connectivity index (χ4v) is 0.760. The third-order valence-electron chi connectivity index (χ3n) is 1.07. The fourth-order valence-electron chi connectivity index (χ4n) is 0.583. The van der Waals surface area contributed by atoms with Crippen LogP contribution in [0.1, 0.15) is 0 Å². The maximum atomic E-state index is 10.3. The third-order valence-corrected chi connectivity index (χ3v) is 1.31. The van der Waals surface area contributed by atoms with Gasteiger partial charge in [-0.1, -0.05) is 0 Å². The Morgan fingerprint density at radius 1 is 1.54 bits per heavy atom. The molecule has 1 heterocycles. The van der Waals surface area contributed by atoms with E-state index in [9.17, 15) is 4.79 Å². The number of carbonyl (C=O) groups excluding carboxylic acids is 1. The Labute approximate surface area is 79.3 Å². The SMILES string of the molecule is NC(=O)CNC(=S)Nn1cnnc1. The van der Waals surface area contributed by atoms with E-state index in [-0.39, 0.29) is 11.7 Å². The van der Waals surface area contributed by atoms with Crippen molar-refractivity contribution < 1.29 is 4.79 Å². The summed E-state index contributed by atoms with van der Waals surface area (Å²) in [6.45, 7) is -0.00599. The second-order valence-corrected chi connectivity index (χ2v) is 2.54. The lowest BCUT2D eigenvalue weighted by Crippen LogP contribution is -2.38. The first-order valence-corrected chi connectivity index (χ1v) is 3.77. The monoisotopic (exact) mass is 200 g/mol. The van der Waals surface area contributed by atoms with Crippen LogP contribution in [0.3, 0.4) is 0 Å². The number of rotatable bonds is 3. The number of primary amides is 1. The molecule has 0 saturated heterocycles. The highest BCUT2D eigenvalue weighted by atomic mass is 32.1. The molecular weight excluding hydrogens is 192 g/mol. The van der Waals surface area contributed by atoms with E-state index in [1.54, 1.807) is 0 Å². The summed E-state index contributed by atoms with van der Waals surface area (Å²) in [5.41, 5.74) is 7.58. The summed E-state index contributed by atoms with van der Waals surface area (Å²) in [7, 11) is 0. The largest absolute Gasteiger partial charge is 0.368 e. The summed E-state index contributed by atoms with van der Waals surface area (Å²) >= 11 is 4.81. The molecular formula is C5H8N6OS. The van der Waals surface area contributed by atoms with E-state index in [4.69, 9.17) is 18.0 Å². The Kier molecular flexibility index (Phi) is 3.15. The number of aromatic nitrogens is 3. The lowest BCUT2D eigenvalue weighted by molar-refractivity contribution is -0.116. The van der Waals surface area contributed by atoms with E-state index in [1.807, 2.05) is 0 Å². The van der Waals surface area contributed by atoms with Crippen molar-refractivity contribution >= 4 is 23.2 Å². The molecule has 0 atom stereocenters. The van der Waals surface area contributed by atoms with E-state index in [0.717, 1.165) is 0 Å². The molecule has 0 fully saturated rings. The molecule has 4 N–H and O–H groups in total. The van der Waals surface area contributed by atoms with Gasteiger partial charge in [-0.3, -0.25) is 10.2 Å². The topological polar surface area (TPSA) is 97.9 Å². The minimum Gasteiger partial charge on any atom is -0.368 e. The van der Waals surface area contributed by atoms with Gasteiger partial charge in [0.25, 0.3) is 0 Å². The number of hydrogen-bond donors (Lipinski definition) is 3. The van der Waals surface area contributed by atoms with Gasteiger partial charge in [0.1, 0.15) is 12.7 Å². The van der Waals surface area contributed by atoms with Gasteiger partial charge in [-0.15, -0.1) is 10.2 Å². The second kappa shape index (κ2) is 4.36. The van der Waals surface area contributed by atoms with Gasteiger partial charge in [0.15, 0.2) is 5.11 Å². The summed E-state index contributed by atoms with van der Waals surface area (Å²) in [4.78, 5) is 10.3. The maximum Gasteiger partial charge on any atom is 0.236 e. The van der Waals surface area contributed by atoms with E-state index in [1.165, 1.54) is 17.3 Å². The average Bonchev–Trinajstić information content (AvgIpc) is 2.53. The van der Waals surface area contributed by atoms with Gasteiger partial charge >= 0.3 is 0 Å². The summed E-state index contributed by atoms with van der Waals surface area (Å²) in [5, 5.41) is 9.95. The van der Waals surface area contributed by atoms with Crippen LogP contribution in [-0.2, 0) is 4.79 Å². The summed E-state index contributed by atoms with van der Waals surface area (Å²) in [6, 6.07) is 0. The highest BCUT2D eigenvalue weighted by Crippen LogP contribution is 1.76. The number of nitrogens with two attached hydrogens (primary N) is 1. The molecule has 13 heavy (non-hydrogen) atoms. The smallest absolute Gasteiger partial charge is 0.236 e. The van der Waals surface area contributed by atoms with E-state index < -0.39 is 5.91 Å². The van der Waals surface area contributed by atoms with Gasteiger partial charge < -0.3 is 11.1 Å². The number of hydrogen-bond acceptors (Lipinski definition) is 4. The van der Waals surface area contributed by atoms with Crippen molar-refractivity contribution in [2.75, 3.05) is 12.0 Å². The van der Waals surface area contributed by atoms with Gasteiger partial charge in [-0.2, -0.15) is 0 Å². The average molecular weight is 200 g/mol. The van der Waals surface area contributed by atoms with Crippen molar-refractivity contribution in [3.63, 3.8) is 0 Å². The Balaban J connectivity index is 2.30. The van der Waals surface area contributed by atoms with Crippen molar-refractivity contribution in [1.82, 2.24) is 20.2 Å². The van der Waals surface area contributed by atoms with Crippen LogP contribution in [0.4, 0.5) is 0 Å². The molecule has 7 nitrogen and oxygen atoms in total. The summed E-state index contributed by atoms with van der Waals surface area (Å²) in [6.07, 6.45) is 2.86. The van der Waals surface area contributed by atoms with E-state index >= 15 is 0 Å². The molecule has 0 spiro atoms. The Morgan fingerprint density at radius 3 is 2.69 bits per heavy atom. The van der Waals surface area contributed by atoms with Crippen molar-refractivity contribution in [1.29, 1.82) is 0 Å². The van der Waals surface area contributed by atoms with Gasteiger partial charge in [0.2, 0.25) is 5.91 Å². The van der Waals surface area contributed by atoms with Crippen molar-refractivity contribution in [2.45, 2.75) is 0 Å². The highest BCUT2D eigenvalue weighted by molar-refractivity contribution is 7.80. The molecule has 0 aliphatic rings. The minimum absolute atomic E-state index is 0.00599. The molecule has 0 unspecified atom stereocenters. The summed E-state index contributed by atoms with van der Waals surface area (Å²) < 4.78 is 1.44. The number of carbonyl (C=O) groups is 1. The number of amides is 1. The Morgan fingerprint density at radius 2 is 2.15 bits per heavy atom. The van der Waals surface area contributed by atoms with Crippen LogP contribution in [0.5, 0.6) is 0 Å². The zero-order valence-electron chi connectivity index (χ0n) is 6.60. The van der Waals surface area contributed by atoms with Crippen molar-refractivity contribution in [3.05, 3.63) is 12.7 Å². The molecule has 8 heteroatoms. The van der Waals surface area contributed by atoms with Crippen LogP contribution in [0, 0.1) is 0 Å². The standard InChI is InChI=1S/C5H8N6OS/c6-4(12)1-7-5(13)10-11-2-8-9-3-11/h2-3H,1H2,(H2,6,12)(H2,7,10,13). The zero-order valence-corrected chi connectivity index (χ0v) is 7.41. The van der Waals surface area contributed by atoms with Crippen LogP contribution in [0.25, 0.3) is 0 Å². The summed E-state index contributed by atoms with van der Waals surface area (Å²) in [5.74, 6) is -0.479. The Bertz CT molecular complexity index is 296. The predicted octanol–water partition coefficient (Wildman–Crippen LogP) is -1.82. The normalized spacial score (nSPS) is 9.23. The third kappa shape index (κ3) is 3.47. The van der Waals surface area contributed by atoms with Gasteiger partial charge in [0.05, 0.1) is 6.54 Å². The first-order chi connectivity index (χ1) is 6.18. The highest BCUT2D eigenvalue weighted by Gasteiger charge is 1.97. The van der Waals surface area contributed by atoms with Crippen molar-refractivity contribution in [3.8, 4) is 0 Å². The van der Waals surface area contributed by atoms with Crippen LogP contribution in [0.15, 0.2) is 12.7 Å². The lowest BCUT2D eigenvalue weighted by atomic mass is 10.6. The van der Waals surface area contributed by atoms with Crippen molar-refractivity contribution in [2.24, 2.45) is 5.73 Å². The molecule has 0 aromatic carbocycles. The number of thiocarbonyl (C=S) groups is 1. The molecule has 0 aliphatic heterocycles. The molecule has 0 bridgehead atoms. The van der Waals surface area contributed by atoms with Gasteiger partial charge in [0, 0.05) is 0 Å². The predicted molar refractivity (Wildman–Crippen MR) is 49.2 cm³/mol. The first-order valence-electron chi connectivity index (χ1n) is 3.36. The molecule has 0 saturated carbocycles. The molecule has 1 amide bonds. The molecule has 0 aliphatic carbocycles. The van der Waals surface area contributed by atoms with E-state index in [2.05, 4.69) is 20.9 Å². The number of nitrogens with one attached hydrogen (secondary N) is 2. The van der Waals surface area contributed by atoms with Crippen LogP contribution in [-0.4, -0.2) is 32.4 Å². The van der Waals surface area contributed by atoms with Gasteiger partial charge in [-0.25, -0.2) is 4.68 Å². The molecule has 70 valence electrons. The molecule has 1 rings (SSSR count). The quantitative estimate of drug-likeness (QED) is 0.497. The molecule has 1 aromatic rings. The zero-order chi connectivity index (χ0) is 9.68.